The normalized spacial score (nSPS) is 11.2. The molecule has 0 saturated carbocycles. The Labute approximate surface area is 105 Å². The summed E-state index contributed by atoms with van der Waals surface area (Å²) in [7, 11) is 0. The van der Waals surface area contributed by atoms with E-state index >= 15 is 0 Å². The monoisotopic (exact) mass is 245 g/mol. The molecule has 1 N–H and O–H groups in total. The Morgan fingerprint density at radius 2 is 2.28 bits per heavy atom. The Kier molecular flexibility index (Phi) is 3.37. The van der Waals surface area contributed by atoms with Crippen molar-refractivity contribution in [2.45, 2.75) is 20.4 Å². The highest BCUT2D eigenvalue weighted by Gasteiger charge is 2.08. The molecular weight excluding hydrogens is 230 g/mol. The van der Waals surface area contributed by atoms with Gasteiger partial charge in [-0.15, -0.1) is 0 Å². The predicted octanol–water partition coefficient (Wildman–Crippen LogP) is 2.84. The minimum Gasteiger partial charge on any atom is -0.478 e. The third-order valence-electron chi connectivity index (χ3n) is 2.91. The molecule has 2 aromatic rings. The molecule has 0 bridgehead atoms. The number of carboxylic acids is 1. The first kappa shape index (κ1) is 12.2. The number of nitrogens with zero attached hydrogens (tertiary/aromatic N) is 1. The van der Waals surface area contributed by atoms with Crippen LogP contribution in [-0.2, 0) is 11.3 Å². The van der Waals surface area contributed by atoms with E-state index in [0.717, 1.165) is 28.8 Å². The van der Waals surface area contributed by atoms with Crippen molar-refractivity contribution >= 4 is 12.0 Å². The van der Waals surface area contributed by atoms with Gasteiger partial charge in [0.25, 0.3) is 0 Å². The number of rotatable bonds is 4. The van der Waals surface area contributed by atoms with Gasteiger partial charge in [0.1, 0.15) is 5.76 Å². The molecule has 4 heteroatoms. The lowest BCUT2D eigenvalue weighted by atomic mass is 10.2. The van der Waals surface area contributed by atoms with Crippen LogP contribution in [0.1, 0.15) is 22.7 Å². The molecule has 0 fully saturated rings. The second-order valence-corrected chi connectivity index (χ2v) is 4.16. The molecule has 0 aliphatic heterocycles. The van der Waals surface area contributed by atoms with Gasteiger partial charge in [-0.05, 0) is 43.7 Å². The van der Waals surface area contributed by atoms with Gasteiger partial charge in [-0.25, -0.2) is 4.79 Å². The lowest BCUT2D eigenvalue weighted by Crippen LogP contribution is -2.02. The average Bonchev–Trinajstić information content (AvgIpc) is 2.90. The predicted molar refractivity (Wildman–Crippen MR) is 68.4 cm³/mol. The molecule has 0 aromatic carbocycles. The largest absolute Gasteiger partial charge is 0.478 e. The highest BCUT2D eigenvalue weighted by atomic mass is 16.4. The van der Waals surface area contributed by atoms with Crippen molar-refractivity contribution < 1.29 is 14.3 Å². The highest BCUT2D eigenvalue weighted by Crippen LogP contribution is 2.18. The molecule has 0 atom stereocenters. The SMILES string of the molecule is Cc1cc(C=CC(=O)O)c(C)n1Cc1ccco1. The van der Waals surface area contributed by atoms with Gasteiger partial charge in [0.15, 0.2) is 0 Å². The van der Waals surface area contributed by atoms with Crippen molar-refractivity contribution in [2.75, 3.05) is 0 Å². The molecular formula is C14H15NO3. The van der Waals surface area contributed by atoms with Gasteiger partial charge in [0.05, 0.1) is 12.8 Å². The van der Waals surface area contributed by atoms with Crippen molar-refractivity contribution in [1.82, 2.24) is 4.57 Å². The van der Waals surface area contributed by atoms with E-state index in [9.17, 15) is 4.79 Å². The number of hydrogen-bond donors (Lipinski definition) is 1. The Balaban J connectivity index is 2.29. The Morgan fingerprint density at radius 1 is 1.50 bits per heavy atom. The van der Waals surface area contributed by atoms with Crippen LogP contribution in [0.2, 0.25) is 0 Å². The second kappa shape index (κ2) is 4.96. The van der Waals surface area contributed by atoms with Crippen molar-refractivity contribution in [3.05, 3.63) is 53.2 Å². The van der Waals surface area contributed by atoms with Gasteiger partial charge in [0.2, 0.25) is 0 Å². The zero-order valence-corrected chi connectivity index (χ0v) is 10.4. The van der Waals surface area contributed by atoms with Crippen LogP contribution >= 0.6 is 0 Å². The van der Waals surface area contributed by atoms with E-state index in [0.29, 0.717) is 6.54 Å². The fraction of sp³-hybridized carbons (Fsp3) is 0.214. The number of carboxylic acid groups (broad SMARTS) is 1. The lowest BCUT2D eigenvalue weighted by molar-refractivity contribution is -0.131. The molecule has 0 amide bonds. The van der Waals surface area contributed by atoms with Crippen LogP contribution in [0.15, 0.2) is 35.0 Å². The number of aryl methyl sites for hydroxylation is 1. The summed E-state index contributed by atoms with van der Waals surface area (Å²) < 4.78 is 7.42. The standard InChI is InChI=1S/C14H15NO3/c1-10-8-12(5-6-14(16)17)11(2)15(10)9-13-4-3-7-18-13/h3-8H,9H2,1-2H3,(H,16,17). The molecule has 2 heterocycles. The summed E-state index contributed by atoms with van der Waals surface area (Å²) in [5.74, 6) is -0.0589. The third-order valence-corrected chi connectivity index (χ3v) is 2.91. The fourth-order valence-electron chi connectivity index (χ4n) is 1.96. The minimum absolute atomic E-state index is 0.658. The summed E-state index contributed by atoms with van der Waals surface area (Å²) in [6.45, 7) is 4.62. The first-order valence-corrected chi connectivity index (χ1v) is 5.68. The van der Waals surface area contributed by atoms with Gasteiger partial charge in [0, 0.05) is 17.5 Å². The Bertz CT molecular complexity index is 576. The molecule has 94 valence electrons. The zero-order valence-electron chi connectivity index (χ0n) is 10.4. The van der Waals surface area contributed by atoms with E-state index in [4.69, 9.17) is 9.52 Å². The first-order chi connectivity index (χ1) is 8.58. The van der Waals surface area contributed by atoms with Crippen molar-refractivity contribution in [3.8, 4) is 0 Å². The first-order valence-electron chi connectivity index (χ1n) is 5.68. The Morgan fingerprint density at radius 3 is 2.89 bits per heavy atom. The molecule has 0 spiro atoms. The van der Waals surface area contributed by atoms with Crippen molar-refractivity contribution in [1.29, 1.82) is 0 Å². The molecule has 0 aliphatic carbocycles. The van der Waals surface area contributed by atoms with Crippen LogP contribution in [0.25, 0.3) is 6.08 Å². The van der Waals surface area contributed by atoms with Crippen molar-refractivity contribution in [2.24, 2.45) is 0 Å². The molecule has 0 aliphatic rings. The van der Waals surface area contributed by atoms with Crippen molar-refractivity contribution in [3.63, 3.8) is 0 Å². The van der Waals surface area contributed by atoms with E-state index in [1.807, 2.05) is 32.0 Å². The minimum atomic E-state index is -0.939. The Hall–Kier alpha value is -2.23. The smallest absolute Gasteiger partial charge is 0.328 e. The van der Waals surface area contributed by atoms with Crippen LogP contribution in [0.4, 0.5) is 0 Å². The summed E-state index contributed by atoms with van der Waals surface area (Å²) in [6, 6.07) is 5.75. The van der Waals surface area contributed by atoms with Gasteiger partial charge in [-0.2, -0.15) is 0 Å². The number of furan rings is 1. The summed E-state index contributed by atoms with van der Waals surface area (Å²) >= 11 is 0. The van der Waals surface area contributed by atoms with E-state index < -0.39 is 5.97 Å². The van der Waals surface area contributed by atoms with Crippen LogP contribution in [0, 0.1) is 13.8 Å². The number of aromatic nitrogens is 1. The van der Waals surface area contributed by atoms with Crippen LogP contribution < -0.4 is 0 Å². The molecule has 4 nitrogen and oxygen atoms in total. The number of carbonyl (C=O) groups is 1. The molecule has 0 unspecified atom stereocenters. The van der Waals surface area contributed by atoms with Gasteiger partial charge >= 0.3 is 5.97 Å². The fourth-order valence-corrected chi connectivity index (χ4v) is 1.96. The summed E-state index contributed by atoms with van der Waals surface area (Å²) in [5.41, 5.74) is 3.02. The molecule has 2 rings (SSSR count). The quantitative estimate of drug-likeness (QED) is 0.843. The maximum Gasteiger partial charge on any atom is 0.328 e. The number of hydrogen-bond acceptors (Lipinski definition) is 2. The molecule has 18 heavy (non-hydrogen) atoms. The molecule has 2 aromatic heterocycles. The maximum absolute atomic E-state index is 10.5. The van der Waals surface area contributed by atoms with E-state index in [1.54, 1.807) is 12.3 Å². The maximum atomic E-state index is 10.5. The van der Waals surface area contributed by atoms with E-state index in [-0.39, 0.29) is 0 Å². The van der Waals surface area contributed by atoms with E-state index in [1.165, 1.54) is 0 Å². The summed E-state index contributed by atoms with van der Waals surface area (Å²) in [4.78, 5) is 10.5. The van der Waals surface area contributed by atoms with Gasteiger partial charge < -0.3 is 14.1 Å². The highest BCUT2D eigenvalue weighted by molar-refractivity contribution is 5.85. The average molecular weight is 245 g/mol. The summed E-state index contributed by atoms with van der Waals surface area (Å²) in [6.07, 6.45) is 4.41. The van der Waals surface area contributed by atoms with Crippen LogP contribution in [0.5, 0.6) is 0 Å². The van der Waals surface area contributed by atoms with Gasteiger partial charge in [-0.1, -0.05) is 0 Å². The second-order valence-electron chi connectivity index (χ2n) is 4.16. The van der Waals surface area contributed by atoms with Crippen LogP contribution in [-0.4, -0.2) is 15.6 Å². The number of aliphatic carboxylic acids is 1. The lowest BCUT2D eigenvalue weighted by Gasteiger charge is -2.07. The third kappa shape index (κ3) is 2.53. The molecule has 0 radical (unpaired) electrons. The summed E-state index contributed by atoms with van der Waals surface area (Å²) in [5, 5.41) is 8.64. The molecule has 0 saturated heterocycles. The van der Waals surface area contributed by atoms with Gasteiger partial charge in [-0.3, -0.25) is 0 Å². The van der Waals surface area contributed by atoms with E-state index in [2.05, 4.69) is 4.57 Å². The zero-order chi connectivity index (χ0) is 13.1. The topological polar surface area (TPSA) is 55.4 Å². The van der Waals surface area contributed by atoms with Crippen LogP contribution in [0.3, 0.4) is 0 Å².